The van der Waals surface area contributed by atoms with Gasteiger partial charge in [0.2, 0.25) is 5.91 Å². The van der Waals surface area contributed by atoms with Crippen molar-refractivity contribution in [3.8, 4) is 5.75 Å². The van der Waals surface area contributed by atoms with Crippen molar-refractivity contribution < 1.29 is 19.1 Å². The van der Waals surface area contributed by atoms with E-state index in [9.17, 15) is 9.59 Å². The lowest BCUT2D eigenvalue weighted by atomic mass is 9.99. The van der Waals surface area contributed by atoms with Crippen molar-refractivity contribution in [3.05, 3.63) is 113 Å². The molecule has 6 heteroatoms. The second-order valence-electron chi connectivity index (χ2n) is 8.24. The lowest BCUT2D eigenvalue weighted by Gasteiger charge is -2.12. The Hall–Kier alpha value is -3.83. The van der Waals surface area contributed by atoms with Gasteiger partial charge in [-0.25, -0.2) is 4.79 Å². The highest BCUT2D eigenvalue weighted by Crippen LogP contribution is 2.25. The first-order valence-corrected chi connectivity index (χ1v) is 13.1. The van der Waals surface area contributed by atoms with E-state index in [-0.39, 0.29) is 11.9 Å². The molecular formula is C32H36ClNO4. The van der Waals surface area contributed by atoms with Crippen LogP contribution in [0.15, 0.2) is 91.0 Å². The zero-order valence-electron chi connectivity index (χ0n) is 22.5. The zero-order valence-corrected chi connectivity index (χ0v) is 23.3. The number of rotatable bonds is 10. The van der Waals surface area contributed by atoms with Crippen LogP contribution in [0, 0.1) is 0 Å². The van der Waals surface area contributed by atoms with E-state index in [4.69, 9.17) is 21.1 Å². The highest BCUT2D eigenvalue weighted by atomic mass is 35.5. The number of anilines is 1. The highest BCUT2D eigenvalue weighted by molar-refractivity contribution is 6.30. The summed E-state index contributed by atoms with van der Waals surface area (Å²) >= 11 is 5.77. The van der Waals surface area contributed by atoms with Gasteiger partial charge in [0.15, 0.2) is 0 Å². The predicted octanol–water partition coefficient (Wildman–Crippen LogP) is 8.50. The minimum atomic E-state index is -0.386. The van der Waals surface area contributed by atoms with Gasteiger partial charge in [-0.1, -0.05) is 67.1 Å². The minimum absolute atomic E-state index is 0.0903. The fourth-order valence-corrected chi connectivity index (χ4v) is 3.51. The molecule has 3 rings (SSSR count). The molecule has 0 aromatic heterocycles. The number of hydrogen-bond acceptors (Lipinski definition) is 4. The third-order valence-electron chi connectivity index (χ3n) is 5.40. The molecular weight excluding hydrogens is 498 g/mol. The summed E-state index contributed by atoms with van der Waals surface area (Å²) in [6, 6.07) is 22.8. The molecule has 3 aromatic carbocycles. The molecule has 0 atom stereocenters. The van der Waals surface area contributed by atoms with Gasteiger partial charge >= 0.3 is 5.97 Å². The molecule has 0 radical (unpaired) electrons. The fraction of sp³-hybridized carbons (Fsp3) is 0.250. The van der Waals surface area contributed by atoms with Crippen molar-refractivity contribution in [1.82, 2.24) is 0 Å². The summed E-state index contributed by atoms with van der Waals surface area (Å²) in [5.74, 6) is 0.360. The molecule has 0 heterocycles. The van der Waals surface area contributed by atoms with E-state index in [2.05, 4.69) is 11.4 Å². The van der Waals surface area contributed by atoms with Crippen LogP contribution in [0.25, 0.3) is 5.57 Å². The smallest absolute Gasteiger partial charge is 0.338 e. The monoisotopic (exact) mass is 533 g/mol. The normalized spacial score (nSPS) is 10.9. The second kappa shape index (κ2) is 16.8. The van der Waals surface area contributed by atoms with Crippen LogP contribution in [0.5, 0.6) is 5.75 Å². The fourth-order valence-electron chi connectivity index (χ4n) is 3.39. The number of ether oxygens (including phenoxy) is 2. The van der Waals surface area contributed by atoms with E-state index < -0.39 is 0 Å². The Bertz CT molecular complexity index is 1220. The van der Waals surface area contributed by atoms with E-state index in [1.54, 1.807) is 26.0 Å². The number of amides is 1. The third kappa shape index (κ3) is 10.7. The average molecular weight is 534 g/mol. The number of benzene rings is 3. The maximum Gasteiger partial charge on any atom is 0.338 e. The standard InChI is InChI=1S/C19H25NO3.C13H11ClO/c1-5-9-10-14(6-2)15-11-16(19(22)23-8-4)13-17(12-15)20-18(21)7-3;14-12-6-8-13(9-7-12)15-10-11-4-2-1-3-5-11/h5-6,9,11-13H,7-8,10H2,1-4H3,(H,20,21);1-9H,10H2/b9-5-,14-6+;. The molecule has 0 aliphatic heterocycles. The molecule has 0 saturated carbocycles. The van der Waals surface area contributed by atoms with Gasteiger partial charge in [-0.05, 0) is 86.4 Å². The first-order valence-electron chi connectivity index (χ1n) is 12.7. The molecule has 38 heavy (non-hydrogen) atoms. The number of carbonyl (C=O) groups excluding carboxylic acids is 2. The topological polar surface area (TPSA) is 64.6 Å². The Balaban J connectivity index is 0.000000290. The van der Waals surface area contributed by atoms with Gasteiger partial charge in [0, 0.05) is 17.1 Å². The van der Waals surface area contributed by atoms with Crippen LogP contribution in [0.4, 0.5) is 5.69 Å². The summed E-state index contributed by atoms with van der Waals surface area (Å²) < 4.78 is 10.7. The molecule has 1 amide bonds. The summed E-state index contributed by atoms with van der Waals surface area (Å²) in [6.45, 7) is 8.38. The van der Waals surface area contributed by atoms with Gasteiger partial charge < -0.3 is 14.8 Å². The van der Waals surface area contributed by atoms with Crippen molar-refractivity contribution in [2.45, 2.75) is 47.1 Å². The van der Waals surface area contributed by atoms with Gasteiger partial charge in [0.25, 0.3) is 0 Å². The Morgan fingerprint density at radius 3 is 2.21 bits per heavy atom. The Labute approximate surface area is 231 Å². The molecule has 200 valence electrons. The molecule has 0 fully saturated rings. The van der Waals surface area contributed by atoms with E-state index in [1.807, 2.05) is 86.7 Å². The number of esters is 1. The maximum absolute atomic E-state index is 12.1. The molecule has 3 aromatic rings. The van der Waals surface area contributed by atoms with E-state index in [0.29, 0.717) is 30.9 Å². The van der Waals surface area contributed by atoms with Gasteiger partial charge in [-0.2, -0.15) is 0 Å². The first-order chi connectivity index (χ1) is 18.4. The molecule has 0 saturated heterocycles. The van der Waals surface area contributed by atoms with Crippen LogP contribution in [0.3, 0.4) is 0 Å². The van der Waals surface area contributed by atoms with Crippen molar-refractivity contribution in [2.75, 3.05) is 11.9 Å². The third-order valence-corrected chi connectivity index (χ3v) is 5.66. The molecule has 1 N–H and O–H groups in total. The first kappa shape index (κ1) is 30.4. The van der Waals surface area contributed by atoms with Crippen molar-refractivity contribution >= 4 is 34.7 Å². The summed E-state index contributed by atoms with van der Waals surface area (Å²) in [5.41, 5.74) is 4.20. The number of allylic oxidation sites excluding steroid dienone is 4. The molecule has 0 spiro atoms. The van der Waals surface area contributed by atoms with E-state index in [0.717, 1.165) is 33.9 Å². The minimum Gasteiger partial charge on any atom is -0.489 e. The second-order valence-corrected chi connectivity index (χ2v) is 8.67. The van der Waals surface area contributed by atoms with E-state index >= 15 is 0 Å². The molecule has 0 aliphatic carbocycles. The largest absolute Gasteiger partial charge is 0.489 e. The van der Waals surface area contributed by atoms with Crippen molar-refractivity contribution in [1.29, 1.82) is 0 Å². The summed E-state index contributed by atoms with van der Waals surface area (Å²) in [6.07, 6.45) is 7.19. The lowest BCUT2D eigenvalue weighted by molar-refractivity contribution is -0.115. The van der Waals surface area contributed by atoms with Gasteiger partial charge in [0.1, 0.15) is 12.4 Å². The predicted molar refractivity (Wildman–Crippen MR) is 157 cm³/mol. The van der Waals surface area contributed by atoms with Crippen LogP contribution < -0.4 is 10.1 Å². The summed E-state index contributed by atoms with van der Waals surface area (Å²) in [5, 5.41) is 3.54. The van der Waals surface area contributed by atoms with Crippen LogP contribution in [0.1, 0.15) is 62.0 Å². The van der Waals surface area contributed by atoms with Gasteiger partial charge in [0.05, 0.1) is 12.2 Å². The molecule has 0 unspecified atom stereocenters. The van der Waals surface area contributed by atoms with E-state index in [1.165, 1.54) is 0 Å². The number of carbonyl (C=O) groups is 2. The summed E-state index contributed by atoms with van der Waals surface area (Å²) in [7, 11) is 0. The van der Waals surface area contributed by atoms with Crippen LogP contribution >= 0.6 is 11.6 Å². The number of hydrogen-bond donors (Lipinski definition) is 1. The lowest BCUT2D eigenvalue weighted by Crippen LogP contribution is -2.11. The average Bonchev–Trinajstić information content (AvgIpc) is 2.94. The number of nitrogens with one attached hydrogen (secondary N) is 1. The molecule has 0 bridgehead atoms. The number of halogens is 1. The maximum atomic E-state index is 12.1. The van der Waals surface area contributed by atoms with Gasteiger partial charge in [-0.3, -0.25) is 4.79 Å². The van der Waals surface area contributed by atoms with Crippen molar-refractivity contribution in [2.24, 2.45) is 0 Å². The summed E-state index contributed by atoms with van der Waals surface area (Å²) in [4.78, 5) is 23.7. The zero-order chi connectivity index (χ0) is 27.8. The Morgan fingerprint density at radius 1 is 0.921 bits per heavy atom. The molecule has 5 nitrogen and oxygen atoms in total. The highest BCUT2D eigenvalue weighted by Gasteiger charge is 2.12. The van der Waals surface area contributed by atoms with Crippen molar-refractivity contribution in [3.63, 3.8) is 0 Å². The van der Waals surface area contributed by atoms with Crippen LogP contribution in [-0.4, -0.2) is 18.5 Å². The van der Waals surface area contributed by atoms with Crippen LogP contribution in [-0.2, 0) is 16.1 Å². The quantitative estimate of drug-likeness (QED) is 0.209. The van der Waals surface area contributed by atoms with Gasteiger partial charge in [-0.15, -0.1) is 0 Å². The Morgan fingerprint density at radius 2 is 1.61 bits per heavy atom. The molecule has 0 aliphatic rings. The van der Waals surface area contributed by atoms with Crippen LogP contribution in [0.2, 0.25) is 5.02 Å². The SMILES string of the molecule is C/C=C\C/C(=C\C)c1cc(NC(=O)CC)cc(C(=O)OCC)c1.Clc1ccc(OCc2ccccc2)cc1. The Kier molecular flexibility index (Phi) is 13.5.